The smallest absolute Gasteiger partial charge is 0.126 e. The van der Waals surface area contributed by atoms with Crippen LogP contribution in [-0.2, 0) is 0 Å². The zero-order chi connectivity index (χ0) is 21.3. The molecule has 1 aromatic carbocycles. The lowest BCUT2D eigenvalue weighted by Gasteiger charge is -2.31. The van der Waals surface area contributed by atoms with Crippen molar-refractivity contribution in [1.29, 1.82) is 5.41 Å². The van der Waals surface area contributed by atoms with Gasteiger partial charge in [-0.1, -0.05) is 36.4 Å². The Kier molecular flexibility index (Phi) is 5.53. The number of amidine groups is 1. The number of nitrogens with zero attached hydrogens (tertiary/aromatic N) is 1. The predicted octanol–water partition coefficient (Wildman–Crippen LogP) is 5.32. The maximum absolute atomic E-state index is 8.60. The van der Waals surface area contributed by atoms with Gasteiger partial charge < -0.3 is 19.9 Å². The first kappa shape index (κ1) is 20.1. The summed E-state index contributed by atoms with van der Waals surface area (Å²) >= 11 is 0. The van der Waals surface area contributed by atoms with Crippen molar-refractivity contribution < 1.29 is 4.74 Å². The Morgan fingerprint density at radius 2 is 2.00 bits per heavy atom. The lowest BCUT2D eigenvalue weighted by atomic mass is 9.86. The molecule has 30 heavy (non-hydrogen) atoms. The molecule has 1 aliphatic heterocycles. The third kappa shape index (κ3) is 3.67. The van der Waals surface area contributed by atoms with Crippen LogP contribution < -0.4 is 10.1 Å². The van der Waals surface area contributed by atoms with Gasteiger partial charge in [-0.05, 0) is 43.6 Å². The summed E-state index contributed by atoms with van der Waals surface area (Å²) in [6.07, 6.45) is 11.6. The highest BCUT2D eigenvalue weighted by Gasteiger charge is 2.24. The third-order valence-electron chi connectivity index (χ3n) is 6.09. The highest BCUT2D eigenvalue weighted by Crippen LogP contribution is 2.39. The van der Waals surface area contributed by atoms with Crippen molar-refractivity contribution in [1.82, 2.24) is 9.88 Å². The number of ether oxygens (including phenoxy) is 1. The van der Waals surface area contributed by atoms with Gasteiger partial charge in [-0.25, -0.2) is 0 Å². The number of aromatic nitrogens is 1. The number of benzene rings is 1. The van der Waals surface area contributed by atoms with Crippen molar-refractivity contribution in [2.45, 2.75) is 26.3 Å². The van der Waals surface area contributed by atoms with E-state index in [0.717, 1.165) is 41.2 Å². The molecule has 0 saturated carbocycles. The molecule has 0 spiro atoms. The normalized spacial score (nSPS) is 17.7. The average molecular weight is 403 g/mol. The molecule has 0 radical (unpaired) electrons. The van der Waals surface area contributed by atoms with Gasteiger partial charge in [-0.15, -0.1) is 0 Å². The molecule has 5 heteroatoms. The number of methoxy groups -OCH3 is 1. The van der Waals surface area contributed by atoms with Crippen LogP contribution in [0, 0.1) is 11.3 Å². The summed E-state index contributed by atoms with van der Waals surface area (Å²) in [6.45, 7) is 5.02. The topological polar surface area (TPSA) is 64.1 Å². The number of hydrogen-bond donors (Lipinski definition) is 3. The second-order valence-electron chi connectivity index (χ2n) is 8.19. The molecule has 0 amide bonds. The largest absolute Gasteiger partial charge is 0.496 e. The Bertz CT molecular complexity index is 1040. The van der Waals surface area contributed by atoms with Gasteiger partial charge in [-0.3, -0.25) is 5.41 Å². The van der Waals surface area contributed by atoms with E-state index in [0.29, 0.717) is 11.9 Å². The first-order valence-corrected chi connectivity index (χ1v) is 10.5. The Balaban J connectivity index is 1.63. The molecule has 3 N–H and O–H groups in total. The van der Waals surface area contributed by atoms with Gasteiger partial charge in [0.25, 0.3) is 0 Å². The van der Waals surface area contributed by atoms with E-state index >= 15 is 0 Å². The van der Waals surface area contributed by atoms with E-state index in [4.69, 9.17) is 10.1 Å². The molecule has 2 aliphatic rings. The predicted molar refractivity (Wildman–Crippen MR) is 125 cm³/mol. The SMILES string of the molecule is COc1ccccc1-c1c[nH]c2c1C=C(C1=CC=CC(C(=N)N(C)C(C)C)C1)CN2. The van der Waals surface area contributed by atoms with Crippen LogP contribution in [0.5, 0.6) is 5.75 Å². The van der Waals surface area contributed by atoms with Gasteiger partial charge in [-0.2, -0.15) is 0 Å². The Hall–Kier alpha value is -3.21. The van der Waals surface area contributed by atoms with Crippen LogP contribution in [0.3, 0.4) is 0 Å². The Labute approximate surface area is 178 Å². The molecule has 0 fully saturated rings. The van der Waals surface area contributed by atoms with Gasteiger partial charge in [0.1, 0.15) is 17.4 Å². The molecular formula is C25H30N4O. The lowest BCUT2D eigenvalue weighted by molar-refractivity contribution is 0.396. The molecule has 156 valence electrons. The first-order chi connectivity index (χ1) is 14.5. The number of rotatable bonds is 5. The summed E-state index contributed by atoms with van der Waals surface area (Å²) in [5.41, 5.74) is 5.92. The van der Waals surface area contributed by atoms with E-state index in [1.807, 2.05) is 31.4 Å². The van der Waals surface area contributed by atoms with Gasteiger partial charge in [0.05, 0.1) is 7.11 Å². The quantitative estimate of drug-likeness (QED) is 0.468. The van der Waals surface area contributed by atoms with Crippen molar-refractivity contribution in [3.8, 4) is 16.9 Å². The summed E-state index contributed by atoms with van der Waals surface area (Å²) in [5, 5.41) is 12.1. The van der Waals surface area contributed by atoms with E-state index in [-0.39, 0.29) is 5.92 Å². The minimum absolute atomic E-state index is 0.111. The monoisotopic (exact) mass is 402 g/mol. The van der Waals surface area contributed by atoms with Crippen LogP contribution in [0.15, 0.2) is 59.8 Å². The van der Waals surface area contributed by atoms with Crippen LogP contribution in [-0.4, -0.2) is 42.5 Å². The van der Waals surface area contributed by atoms with Crippen molar-refractivity contribution in [3.63, 3.8) is 0 Å². The van der Waals surface area contributed by atoms with E-state index in [9.17, 15) is 0 Å². The van der Waals surface area contributed by atoms with Gasteiger partial charge in [0, 0.05) is 48.4 Å². The fraction of sp³-hybridized carbons (Fsp3) is 0.320. The fourth-order valence-corrected chi connectivity index (χ4v) is 4.08. The molecule has 1 aromatic heterocycles. The van der Waals surface area contributed by atoms with E-state index < -0.39 is 0 Å². The van der Waals surface area contributed by atoms with Crippen LogP contribution in [0.4, 0.5) is 5.82 Å². The van der Waals surface area contributed by atoms with Gasteiger partial charge in [0.2, 0.25) is 0 Å². The molecule has 2 aromatic rings. The zero-order valence-electron chi connectivity index (χ0n) is 18.1. The van der Waals surface area contributed by atoms with Crippen molar-refractivity contribution >= 4 is 17.7 Å². The number of anilines is 1. The summed E-state index contributed by atoms with van der Waals surface area (Å²) in [7, 11) is 3.71. The van der Waals surface area contributed by atoms with Crippen LogP contribution in [0.25, 0.3) is 17.2 Å². The first-order valence-electron chi connectivity index (χ1n) is 10.5. The number of aromatic amines is 1. The van der Waals surface area contributed by atoms with E-state index in [1.54, 1.807) is 7.11 Å². The average Bonchev–Trinajstić information content (AvgIpc) is 3.21. The van der Waals surface area contributed by atoms with Crippen LogP contribution in [0.1, 0.15) is 25.8 Å². The summed E-state index contributed by atoms with van der Waals surface area (Å²) in [6, 6.07) is 8.43. The summed E-state index contributed by atoms with van der Waals surface area (Å²) < 4.78 is 5.58. The standard InChI is InChI=1S/C25H30N4O/c1-16(2)29(3)24(26)18-9-7-8-17(12-18)19-13-21-22(15-28-25(21)27-14-19)20-10-5-6-11-23(20)30-4/h5-11,13,15-16,18,26-28H,12,14H2,1-4H3. The minimum Gasteiger partial charge on any atom is -0.496 e. The lowest BCUT2D eigenvalue weighted by Crippen LogP contribution is -2.37. The van der Waals surface area contributed by atoms with E-state index in [2.05, 4.69) is 59.4 Å². The molecule has 5 nitrogen and oxygen atoms in total. The van der Waals surface area contributed by atoms with Crippen LogP contribution in [0.2, 0.25) is 0 Å². The molecule has 0 bridgehead atoms. The number of para-hydroxylation sites is 1. The Morgan fingerprint density at radius 1 is 1.20 bits per heavy atom. The molecule has 1 atom stereocenters. The van der Waals surface area contributed by atoms with Crippen LogP contribution >= 0.6 is 0 Å². The van der Waals surface area contributed by atoms with Crippen molar-refractivity contribution in [3.05, 3.63) is 65.4 Å². The zero-order valence-corrected chi connectivity index (χ0v) is 18.1. The number of allylic oxidation sites excluding steroid dienone is 2. The maximum Gasteiger partial charge on any atom is 0.126 e. The molecule has 2 heterocycles. The third-order valence-corrected chi connectivity index (χ3v) is 6.09. The highest BCUT2D eigenvalue weighted by atomic mass is 16.5. The number of fused-ring (bicyclic) bond motifs is 1. The number of nitrogens with one attached hydrogen (secondary N) is 3. The summed E-state index contributed by atoms with van der Waals surface area (Å²) in [4.78, 5) is 5.42. The van der Waals surface area contributed by atoms with Gasteiger partial charge in [0.15, 0.2) is 0 Å². The second kappa shape index (κ2) is 8.27. The highest BCUT2D eigenvalue weighted by molar-refractivity contribution is 5.88. The fourth-order valence-electron chi connectivity index (χ4n) is 4.08. The number of hydrogen-bond acceptors (Lipinski definition) is 3. The minimum atomic E-state index is 0.111. The molecule has 1 unspecified atom stereocenters. The molecule has 4 rings (SSSR count). The summed E-state index contributed by atoms with van der Waals surface area (Å²) in [5.74, 6) is 2.69. The van der Waals surface area contributed by atoms with Crippen molar-refractivity contribution in [2.24, 2.45) is 5.92 Å². The molecular weight excluding hydrogens is 372 g/mol. The Morgan fingerprint density at radius 3 is 2.77 bits per heavy atom. The molecule has 1 aliphatic carbocycles. The van der Waals surface area contributed by atoms with E-state index in [1.165, 1.54) is 11.1 Å². The van der Waals surface area contributed by atoms with Crippen molar-refractivity contribution in [2.75, 3.05) is 26.0 Å². The second-order valence-corrected chi connectivity index (χ2v) is 8.19. The van der Waals surface area contributed by atoms with Gasteiger partial charge >= 0.3 is 0 Å². The number of H-pyrrole nitrogens is 1. The maximum atomic E-state index is 8.60. The molecule has 0 saturated heterocycles.